The number of halogens is 2. The van der Waals surface area contributed by atoms with Crippen LogP contribution in [0.5, 0.6) is 0 Å². The summed E-state index contributed by atoms with van der Waals surface area (Å²) in [6.07, 6.45) is 0. The molecule has 0 saturated heterocycles. The number of benzene rings is 1. The van der Waals surface area contributed by atoms with Crippen molar-refractivity contribution in [1.29, 1.82) is 0 Å². The Kier molecular flexibility index (Phi) is 3.82. The molecule has 0 amide bonds. The lowest BCUT2D eigenvalue weighted by molar-refractivity contribution is 0.537. The third kappa shape index (κ3) is 3.09. The lowest BCUT2D eigenvalue weighted by Crippen LogP contribution is -2.09. The summed E-state index contributed by atoms with van der Waals surface area (Å²) in [5.74, 6) is -1.56. The van der Waals surface area contributed by atoms with Crippen LogP contribution in [0.15, 0.2) is 33.0 Å². The van der Waals surface area contributed by atoms with E-state index in [1.54, 1.807) is 0 Å². The number of nitrogens with zero attached hydrogens (tertiary/aromatic N) is 1. The number of hydrogen-bond acceptors (Lipinski definition) is 5. The Balaban J connectivity index is 2.40. The predicted molar refractivity (Wildman–Crippen MR) is 67.6 cm³/mol. The Morgan fingerprint density at radius 3 is 2.42 bits per heavy atom. The molecule has 0 aliphatic heterocycles. The van der Waals surface area contributed by atoms with Gasteiger partial charge in [0.1, 0.15) is 17.5 Å². The molecule has 1 heterocycles. The van der Waals surface area contributed by atoms with Gasteiger partial charge >= 0.3 is 0 Å². The van der Waals surface area contributed by atoms with Gasteiger partial charge in [-0.2, -0.15) is 0 Å². The van der Waals surface area contributed by atoms with Crippen LogP contribution in [0.1, 0.15) is 5.56 Å². The predicted octanol–water partition coefficient (Wildman–Crippen LogP) is 1.24. The molecule has 0 fully saturated rings. The largest absolute Gasteiger partial charge is 0.383 e. The summed E-state index contributed by atoms with van der Waals surface area (Å²) in [5, 5.41) is 0.0169. The molecule has 0 saturated carbocycles. The van der Waals surface area contributed by atoms with Crippen LogP contribution in [0.3, 0.4) is 0 Å². The number of rotatable bonds is 3. The molecule has 19 heavy (non-hydrogen) atoms. The lowest BCUT2D eigenvalue weighted by Gasteiger charge is -2.06. The van der Waals surface area contributed by atoms with E-state index >= 15 is 0 Å². The van der Waals surface area contributed by atoms with Gasteiger partial charge in [0, 0.05) is 12.6 Å². The van der Waals surface area contributed by atoms with Crippen LogP contribution in [0.4, 0.5) is 14.6 Å². The quantitative estimate of drug-likeness (QED) is 0.737. The maximum Gasteiger partial charge on any atom is 0.253 e. The van der Waals surface area contributed by atoms with Crippen LogP contribution >= 0.6 is 11.8 Å². The number of aromatic nitrogens is 2. The second-order valence-electron chi connectivity index (χ2n) is 3.67. The van der Waals surface area contributed by atoms with Crippen molar-refractivity contribution in [1.82, 2.24) is 9.97 Å². The minimum Gasteiger partial charge on any atom is -0.383 e. The Hall–Kier alpha value is -1.93. The fraction of sp³-hybridized carbons (Fsp3) is 0.0909. The second kappa shape index (κ2) is 5.37. The van der Waals surface area contributed by atoms with Gasteiger partial charge < -0.3 is 16.5 Å². The van der Waals surface area contributed by atoms with Gasteiger partial charge in [-0.15, -0.1) is 0 Å². The summed E-state index contributed by atoms with van der Waals surface area (Å²) in [6, 6.07) is 3.35. The number of anilines is 1. The van der Waals surface area contributed by atoms with E-state index in [4.69, 9.17) is 11.5 Å². The van der Waals surface area contributed by atoms with E-state index in [1.807, 2.05) is 0 Å². The number of aromatic amines is 1. The number of H-pyrrole nitrogens is 1. The Bertz CT molecular complexity index is 651. The Morgan fingerprint density at radius 1 is 1.26 bits per heavy atom. The van der Waals surface area contributed by atoms with Gasteiger partial charge in [0.25, 0.3) is 5.56 Å². The number of nitrogens with two attached hydrogens (primary N) is 2. The molecule has 0 aliphatic rings. The molecular formula is C11H10F2N4OS. The van der Waals surface area contributed by atoms with Crippen molar-refractivity contribution in [3.63, 3.8) is 0 Å². The van der Waals surface area contributed by atoms with E-state index in [9.17, 15) is 13.6 Å². The van der Waals surface area contributed by atoms with E-state index in [1.165, 1.54) is 0 Å². The van der Waals surface area contributed by atoms with Gasteiger partial charge in [-0.05, 0) is 29.5 Å². The van der Waals surface area contributed by atoms with Crippen molar-refractivity contribution in [2.45, 2.75) is 16.6 Å². The summed E-state index contributed by atoms with van der Waals surface area (Å²) >= 11 is 0.651. The molecule has 0 bridgehead atoms. The number of nitrogen functional groups attached to an aromatic ring is 1. The maximum atomic E-state index is 13.7. The summed E-state index contributed by atoms with van der Waals surface area (Å²) in [7, 11) is 0. The molecular weight excluding hydrogens is 274 g/mol. The van der Waals surface area contributed by atoms with Crippen molar-refractivity contribution in [2.24, 2.45) is 5.73 Å². The van der Waals surface area contributed by atoms with E-state index in [2.05, 4.69) is 9.97 Å². The van der Waals surface area contributed by atoms with Gasteiger partial charge in [0.15, 0.2) is 5.16 Å². The number of nitrogens with one attached hydrogen (secondary N) is 1. The Labute approximate surface area is 111 Å². The van der Waals surface area contributed by atoms with Gasteiger partial charge in [-0.25, -0.2) is 13.8 Å². The third-order valence-electron chi connectivity index (χ3n) is 2.23. The highest BCUT2D eigenvalue weighted by atomic mass is 32.2. The normalized spacial score (nSPS) is 10.7. The molecule has 100 valence electrons. The summed E-state index contributed by atoms with van der Waals surface area (Å²) < 4.78 is 27.4. The van der Waals surface area contributed by atoms with Crippen LogP contribution in [-0.2, 0) is 6.54 Å². The van der Waals surface area contributed by atoms with Crippen LogP contribution in [0.2, 0.25) is 0 Å². The fourth-order valence-electron chi connectivity index (χ4n) is 1.43. The first-order valence-corrected chi connectivity index (χ1v) is 6.04. The molecule has 0 aliphatic carbocycles. The summed E-state index contributed by atoms with van der Waals surface area (Å²) in [5.41, 5.74) is 10.5. The Morgan fingerprint density at radius 2 is 1.89 bits per heavy atom. The molecule has 8 heteroatoms. The molecule has 5 nitrogen and oxygen atoms in total. The zero-order chi connectivity index (χ0) is 14.0. The first-order valence-electron chi connectivity index (χ1n) is 5.22. The average molecular weight is 284 g/mol. The smallest absolute Gasteiger partial charge is 0.253 e. The molecule has 2 rings (SSSR count). The first kappa shape index (κ1) is 13.5. The number of hydrogen-bond donors (Lipinski definition) is 3. The third-order valence-corrected chi connectivity index (χ3v) is 3.21. The van der Waals surface area contributed by atoms with Crippen molar-refractivity contribution in [3.8, 4) is 0 Å². The van der Waals surface area contributed by atoms with Crippen molar-refractivity contribution in [3.05, 3.63) is 45.8 Å². The topological polar surface area (TPSA) is 97.8 Å². The summed E-state index contributed by atoms with van der Waals surface area (Å²) in [4.78, 5) is 17.0. The standard InChI is InChI=1S/C11H10F2N4OS/c12-6-1-5(4-14)2-7(13)10(6)19-11-16-8(15)3-9(18)17-11/h1-3H,4,14H2,(H3,15,16,17,18). The molecule has 2 aromatic rings. The molecule has 0 spiro atoms. The SMILES string of the molecule is NCc1cc(F)c(Sc2nc(N)cc(=O)[nH]2)c(F)c1. The zero-order valence-corrected chi connectivity index (χ0v) is 10.4. The average Bonchev–Trinajstić information content (AvgIpc) is 2.32. The second-order valence-corrected chi connectivity index (χ2v) is 4.67. The zero-order valence-electron chi connectivity index (χ0n) is 9.61. The van der Waals surface area contributed by atoms with Crippen LogP contribution in [0, 0.1) is 11.6 Å². The van der Waals surface area contributed by atoms with E-state index < -0.39 is 17.2 Å². The van der Waals surface area contributed by atoms with Gasteiger partial charge in [-0.1, -0.05) is 0 Å². The van der Waals surface area contributed by atoms with Gasteiger partial charge in [-0.3, -0.25) is 4.79 Å². The summed E-state index contributed by atoms with van der Waals surface area (Å²) in [6.45, 7) is 0.0339. The van der Waals surface area contributed by atoms with E-state index in [0.29, 0.717) is 17.3 Å². The fourth-order valence-corrected chi connectivity index (χ4v) is 2.23. The highest BCUT2D eigenvalue weighted by molar-refractivity contribution is 7.99. The molecule has 5 N–H and O–H groups in total. The highest BCUT2D eigenvalue weighted by Crippen LogP contribution is 2.30. The van der Waals surface area contributed by atoms with Crippen LogP contribution < -0.4 is 17.0 Å². The van der Waals surface area contributed by atoms with Gasteiger partial charge in [0.2, 0.25) is 0 Å². The van der Waals surface area contributed by atoms with Crippen LogP contribution in [-0.4, -0.2) is 9.97 Å². The first-order chi connectivity index (χ1) is 8.99. The van der Waals surface area contributed by atoms with Crippen molar-refractivity contribution in [2.75, 3.05) is 5.73 Å². The minimum atomic E-state index is -0.768. The molecule has 0 radical (unpaired) electrons. The van der Waals surface area contributed by atoms with E-state index in [-0.39, 0.29) is 22.4 Å². The van der Waals surface area contributed by atoms with Crippen molar-refractivity contribution >= 4 is 17.6 Å². The van der Waals surface area contributed by atoms with Crippen LogP contribution in [0.25, 0.3) is 0 Å². The highest BCUT2D eigenvalue weighted by Gasteiger charge is 2.14. The van der Waals surface area contributed by atoms with Gasteiger partial charge in [0.05, 0.1) is 4.90 Å². The molecule has 0 atom stereocenters. The lowest BCUT2D eigenvalue weighted by atomic mass is 10.2. The molecule has 1 aromatic carbocycles. The minimum absolute atomic E-state index is 0.0169. The molecule has 0 unspecified atom stereocenters. The maximum absolute atomic E-state index is 13.7. The van der Waals surface area contributed by atoms with E-state index in [0.717, 1.165) is 18.2 Å². The monoisotopic (exact) mass is 284 g/mol. The molecule has 1 aromatic heterocycles. The van der Waals surface area contributed by atoms with Crippen molar-refractivity contribution < 1.29 is 8.78 Å².